The first-order chi connectivity index (χ1) is 7.55. The quantitative estimate of drug-likeness (QED) is 0.533. The van der Waals surface area contributed by atoms with Crippen LogP contribution in [0.2, 0.25) is 0 Å². The summed E-state index contributed by atoms with van der Waals surface area (Å²) in [4.78, 5) is 3.85. The van der Waals surface area contributed by atoms with Gasteiger partial charge in [-0.15, -0.1) is 0 Å². The van der Waals surface area contributed by atoms with E-state index in [1.165, 1.54) is 13.4 Å². The molecule has 1 atom stereocenters. The minimum absolute atomic E-state index is 0.217. The van der Waals surface area contributed by atoms with Gasteiger partial charge >= 0.3 is 0 Å². The third kappa shape index (κ3) is 4.23. The van der Waals surface area contributed by atoms with Crippen molar-refractivity contribution < 1.29 is 13.2 Å². The van der Waals surface area contributed by atoms with Gasteiger partial charge in [0, 0.05) is 13.7 Å². The van der Waals surface area contributed by atoms with Crippen LogP contribution in [0.1, 0.15) is 18.8 Å². The first-order valence-corrected chi connectivity index (χ1v) is 6.14. The molecule has 9 heteroatoms. The number of aromatic amines is 1. The Kier molecular flexibility index (Phi) is 4.80. The largest absolute Gasteiger partial charge is 0.383 e. The molecule has 0 fully saturated rings. The lowest BCUT2D eigenvalue weighted by atomic mass is 10.3. The van der Waals surface area contributed by atoms with Crippen LogP contribution in [0.3, 0.4) is 0 Å². The fourth-order valence-electron chi connectivity index (χ4n) is 1.03. The molecule has 0 aromatic carbocycles. The summed E-state index contributed by atoms with van der Waals surface area (Å²) in [6, 6.07) is -0.470. The van der Waals surface area contributed by atoms with Crippen molar-refractivity contribution >= 4 is 10.2 Å². The molecule has 1 aromatic rings. The molecule has 1 aromatic heterocycles. The van der Waals surface area contributed by atoms with Crippen LogP contribution >= 0.6 is 0 Å². The van der Waals surface area contributed by atoms with Crippen LogP contribution in [0.5, 0.6) is 0 Å². The average molecular weight is 249 g/mol. The molecular formula is C7H15N5O3S. The van der Waals surface area contributed by atoms with E-state index in [1.807, 2.05) is 0 Å². The maximum atomic E-state index is 11.5. The van der Waals surface area contributed by atoms with Crippen LogP contribution in [0.25, 0.3) is 0 Å². The van der Waals surface area contributed by atoms with Gasteiger partial charge in [-0.2, -0.15) is 23.0 Å². The van der Waals surface area contributed by atoms with Gasteiger partial charge < -0.3 is 4.74 Å². The fraction of sp³-hybridized carbons (Fsp3) is 0.714. The third-order valence-electron chi connectivity index (χ3n) is 1.77. The molecular weight excluding hydrogens is 234 g/mol. The number of aromatic nitrogens is 3. The molecule has 0 radical (unpaired) electrons. The summed E-state index contributed by atoms with van der Waals surface area (Å²) in [5.41, 5.74) is 0. The molecule has 0 bridgehead atoms. The van der Waals surface area contributed by atoms with Crippen molar-refractivity contribution in [1.82, 2.24) is 24.6 Å². The molecule has 0 aliphatic heterocycles. The molecule has 0 saturated heterocycles. The van der Waals surface area contributed by atoms with E-state index >= 15 is 0 Å². The van der Waals surface area contributed by atoms with E-state index in [1.54, 1.807) is 6.92 Å². The molecule has 1 rings (SSSR count). The Morgan fingerprint density at radius 2 is 2.38 bits per heavy atom. The highest BCUT2D eigenvalue weighted by atomic mass is 32.2. The zero-order chi connectivity index (χ0) is 12.0. The molecule has 8 nitrogen and oxygen atoms in total. The van der Waals surface area contributed by atoms with E-state index in [0.717, 1.165) is 0 Å². The van der Waals surface area contributed by atoms with Gasteiger partial charge in [-0.1, -0.05) is 0 Å². The first-order valence-electron chi connectivity index (χ1n) is 4.66. The predicted octanol–water partition coefficient (Wildman–Crippen LogP) is -1.06. The molecule has 16 heavy (non-hydrogen) atoms. The topological polar surface area (TPSA) is 109 Å². The number of nitrogens with zero attached hydrogens (tertiary/aromatic N) is 2. The Hall–Kier alpha value is -1.03. The van der Waals surface area contributed by atoms with Crippen LogP contribution in [-0.4, -0.2) is 43.9 Å². The molecule has 0 spiro atoms. The van der Waals surface area contributed by atoms with Gasteiger partial charge in [-0.3, -0.25) is 5.10 Å². The van der Waals surface area contributed by atoms with Gasteiger partial charge in [0.25, 0.3) is 10.2 Å². The van der Waals surface area contributed by atoms with Crippen LogP contribution in [-0.2, 0) is 14.9 Å². The monoisotopic (exact) mass is 249 g/mol. The lowest BCUT2D eigenvalue weighted by Gasteiger charge is -2.12. The predicted molar refractivity (Wildman–Crippen MR) is 56.7 cm³/mol. The Morgan fingerprint density at radius 3 is 2.94 bits per heavy atom. The standard InChI is InChI=1S/C7H15N5O3S/c1-6(7-8-5-9-11-7)12-16(13,14)10-3-4-15-2/h5-6,10,12H,3-4H2,1-2H3,(H,8,9,11). The number of ether oxygens (including phenoxy) is 1. The number of H-pyrrole nitrogens is 1. The van der Waals surface area contributed by atoms with E-state index in [2.05, 4.69) is 24.6 Å². The Bertz CT molecular complexity index is 390. The van der Waals surface area contributed by atoms with Crippen molar-refractivity contribution in [1.29, 1.82) is 0 Å². The zero-order valence-electron chi connectivity index (χ0n) is 9.10. The second-order valence-corrected chi connectivity index (χ2v) is 4.63. The smallest absolute Gasteiger partial charge is 0.277 e. The van der Waals surface area contributed by atoms with E-state index < -0.39 is 16.3 Å². The van der Waals surface area contributed by atoms with E-state index in [-0.39, 0.29) is 6.54 Å². The van der Waals surface area contributed by atoms with E-state index in [9.17, 15) is 8.42 Å². The summed E-state index contributed by atoms with van der Waals surface area (Å²) in [6.07, 6.45) is 1.32. The van der Waals surface area contributed by atoms with E-state index in [4.69, 9.17) is 4.74 Å². The minimum atomic E-state index is -3.55. The molecule has 3 N–H and O–H groups in total. The van der Waals surface area contributed by atoms with Gasteiger partial charge in [0.1, 0.15) is 12.2 Å². The number of rotatable bonds is 7. The minimum Gasteiger partial charge on any atom is -0.383 e. The Balaban J connectivity index is 2.46. The van der Waals surface area contributed by atoms with Gasteiger partial charge in [-0.05, 0) is 6.92 Å². The molecule has 0 saturated carbocycles. The summed E-state index contributed by atoms with van der Waals surface area (Å²) < 4.78 is 32.4. The second-order valence-electron chi connectivity index (χ2n) is 3.10. The Morgan fingerprint density at radius 1 is 1.62 bits per heavy atom. The number of hydrogen-bond donors (Lipinski definition) is 3. The van der Waals surface area contributed by atoms with Gasteiger partial charge in [0.2, 0.25) is 0 Å². The van der Waals surface area contributed by atoms with Gasteiger partial charge in [0.05, 0.1) is 12.6 Å². The lowest BCUT2D eigenvalue weighted by Crippen LogP contribution is -2.39. The summed E-state index contributed by atoms with van der Waals surface area (Å²) in [5, 5.41) is 6.22. The lowest BCUT2D eigenvalue weighted by molar-refractivity contribution is 0.204. The van der Waals surface area contributed by atoms with Crippen LogP contribution in [0, 0.1) is 0 Å². The van der Waals surface area contributed by atoms with Crippen LogP contribution < -0.4 is 9.44 Å². The summed E-state index contributed by atoms with van der Waals surface area (Å²) in [6.45, 7) is 2.20. The first kappa shape index (κ1) is 13.0. The average Bonchev–Trinajstić information content (AvgIpc) is 2.69. The Labute approximate surface area is 94.0 Å². The number of hydrogen-bond acceptors (Lipinski definition) is 5. The second kappa shape index (κ2) is 5.89. The highest BCUT2D eigenvalue weighted by Gasteiger charge is 2.16. The highest BCUT2D eigenvalue weighted by Crippen LogP contribution is 2.04. The SMILES string of the molecule is COCCNS(=O)(=O)NC(C)c1ncn[nH]1. The van der Waals surface area contributed by atoms with Gasteiger partial charge in [-0.25, -0.2) is 4.98 Å². The van der Waals surface area contributed by atoms with Crippen molar-refractivity contribution in [2.75, 3.05) is 20.3 Å². The van der Waals surface area contributed by atoms with Crippen LogP contribution in [0.15, 0.2) is 6.33 Å². The summed E-state index contributed by atoms with van der Waals surface area (Å²) >= 11 is 0. The number of nitrogens with one attached hydrogen (secondary N) is 3. The van der Waals surface area contributed by atoms with Crippen molar-refractivity contribution in [3.05, 3.63) is 12.2 Å². The molecule has 92 valence electrons. The maximum absolute atomic E-state index is 11.5. The van der Waals surface area contributed by atoms with Crippen molar-refractivity contribution in [3.63, 3.8) is 0 Å². The molecule has 1 heterocycles. The maximum Gasteiger partial charge on any atom is 0.277 e. The normalized spacial score (nSPS) is 13.9. The number of methoxy groups -OCH3 is 1. The van der Waals surface area contributed by atoms with Crippen molar-refractivity contribution in [2.24, 2.45) is 0 Å². The van der Waals surface area contributed by atoms with Crippen molar-refractivity contribution in [3.8, 4) is 0 Å². The third-order valence-corrected chi connectivity index (χ3v) is 3.02. The fourth-order valence-corrected chi connectivity index (χ4v) is 2.04. The summed E-state index contributed by atoms with van der Waals surface area (Å²) in [5.74, 6) is 0.456. The summed E-state index contributed by atoms with van der Waals surface area (Å²) in [7, 11) is -2.05. The highest BCUT2D eigenvalue weighted by molar-refractivity contribution is 7.87. The molecule has 0 aliphatic carbocycles. The van der Waals surface area contributed by atoms with E-state index in [0.29, 0.717) is 12.4 Å². The van der Waals surface area contributed by atoms with Crippen molar-refractivity contribution in [2.45, 2.75) is 13.0 Å². The zero-order valence-corrected chi connectivity index (χ0v) is 9.91. The molecule has 0 aliphatic rings. The van der Waals surface area contributed by atoms with Crippen LogP contribution in [0.4, 0.5) is 0 Å². The molecule has 1 unspecified atom stereocenters. The van der Waals surface area contributed by atoms with Gasteiger partial charge in [0.15, 0.2) is 0 Å². The molecule has 0 amide bonds.